The zero-order valence-electron chi connectivity index (χ0n) is 12.9. The Balaban J connectivity index is 1.67. The van der Waals surface area contributed by atoms with Gasteiger partial charge in [-0.05, 0) is 48.4 Å². The molecule has 7 heteroatoms. The fourth-order valence-electron chi connectivity index (χ4n) is 2.40. The van der Waals surface area contributed by atoms with Crippen LogP contribution in [0, 0.1) is 0 Å². The van der Waals surface area contributed by atoms with Gasteiger partial charge in [-0.15, -0.1) is 0 Å². The van der Waals surface area contributed by atoms with Crippen molar-refractivity contribution in [2.45, 2.75) is 6.42 Å². The van der Waals surface area contributed by atoms with Gasteiger partial charge in [0.05, 0.1) is 0 Å². The first-order chi connectivity index (χ1) is 12.0. The van der Waals surface area contributed by atoms with E-state index in [9.17, 15) is 9.59 Å². The topological polar surface area (TPSA) is 58.2 Å². The fourth-order valence-corrected chi connectivity index (χ4v) is 3.03. The molecule has 0 atom stereocenters. The van der Waals surface area contributed by atoms with Crippen molar-refractivity contribution in [2.24, 2.45) is 0 Å². The second kappa shape index (κ2) is 7.48. The van der Waals surface area contributed by atoms with Crippen LogP contribution in [0.15, 0.2) is 52.1 Å². The maximum absolute atomic E-state index is 11.8. The van der Waals surface area contributed by atoms with Crippen molar-refractivity contribution >= 4 is 51.9 Å². The van der Waals surface area contributed by atoms with Crippen molar-refractivity contribution in [1.29, 1.82) is 0 Å². The van der Waals surface area contributed by atoms with Gasteiger partial charge in [0.2, 0.25) is 0 Å². The van der Waals surface area contributed by atoms with Crippen LogP contribution in [0.2, 0.25) is 15.1 Å². The molecule has 0 fully saturated rings. The number of rotatable bonds is 6. The minimum absolute atomic E-state index is 0.259. The Labute approximate surface area is 159 Å². The van der Waals surface area contributed by atoms with Gasteiger partial charge in [0, 0.05) is 27.3 Å². The van der Waals surface area contributed by atoms with E-state index >= 15 is 0 Å². The Morgan fingerprint density at radius 1 is 0.800 bits per heavy atom. The van der Waals surface area contributed by atoms with E-state index in [1.165, 1.54) is 0 Å². The maximum atomic E-state index is 11.8. The van der Waals surface area contributed by atoms with E-state index in [2.05, 4.69) is 10.6 Å². The highest BCUT2D eigenvalue weighted by Crippen LogP contribution is 2.23. The van der Waals surface area contributed by atoms with Gasteiger partial charge in [-0.1, -0.05) is 40.9 Å². The molecular formula is C18H13Cl3N2O2. The third kappa shape index (κ3) is 3.98. The molecule has 0 radical (unpaired) electrons. The van der Waals surface area contributed by atoms with E-state index in [1.807, 2.05) is 6.07 Å². The number of hydrogen-bond donors (Lipinski definition) is 2. The van der Waals surface area contributed by atoms with Gasteiger partial charge in [-0.2, -0.15) is 0 Å². The molecule has 3 aromatic carbocycles. The summed E-state index contributed by atoms with van der Waals surface area (Å²) >= 11 is 17.8. The standard InChI is InChI=1S/C18H13Cl3N2O2/c19-11-3-5-13(6-4-11)23-16-15(17(24)18(16)25)22-8-7-10-1-2-12(20)9-14(10)21/h1-6,9,22-23H,7-8H2. The Morgan fingerprint density at radius 3 is 2.12 bits per heavy atom. The smallest absolute Gasteiger partial charge is 0.253 e. The zero-order valence-corrected chi connectivity index (χ0v) is 15.2. The van der Waals surface area contributed by atoms with E-state index in [0.717, 1.165) is 5.56 Å². The molecule has 0 aromatic heterocycles. The highest BCUT2D eigenvalue weighted by atomic mass is 35.5. The highest BCUT2D eigenvalue weighted by Gasteiger charge is 2.20. The van der Waals surface area contributed by atoms with Crippen molar-refractivity contribution in [3.05, 3.63) is 83.5 Å². The van der Waals surface area contributed by atoms with E-state index in [-0.39, 0.29) is 11.4 Å². The van der Waals surface area contributed by atoms with E-state index in [0.29, 0.717) is 33.7 Å². The van der Waals surface area contributed by atoms with Crippen LogP contribution in [0.4, 0.5) is 17.1 Å². The van der Waals surface area contributed by atoms with Crippen molar-refractivity contribution in [2.75, 3.05) is 17.2 Å². The summed E-state index contributed by atoms with van der Waals surface area (Å²) in [5, 5.41) is 7.68. The van der Waals surface area contributed by atoms with Crippen LogP contribution < -0.4 is 21.5 Å². The Hall–Kier alpha value is -2.01. The van der Waals surface area contributed by atoms with Gasteiger partial charge in [0.15, 0.2) is 0 Å². The summed E-state index contributed by atoms with van der Waals surface area (Å²) < 4.78 is 0. The second-order valence-electron chi connectivity index (χ2n) is 5.45. The molecule has 128 valence electrons. The molecule has 3 aromatic rings. The number of benzene rings is 2. The molecule has 25 heavy (non-hydrogen) atoms. The molecule has 0 saturated carbocycles. The lowest BCUT2D eigenvalue weighted by molar-refractivity contribution is 1.01. The molecule has 0 spiro atoms. The largest absolute Gasteiger partial charge is 0.380 e. The molecule has 3 rings (SSSR count). The third-order valence-corrected chi connectivity index (χ3v) is 4.57. The predicted octanol–water partition coefficient (Wildman–Crippen LogP) is 4.64. The highest BCUT2D eigenvalue weighted by molar-refractivity contribution is 6.35. The Kier molecular flexibility index (Phi) is 5.33. The molecule has 0 saturated heterocycles. The average Bonchev–Trinajstić information content (AvgIpc) is 2.60. The van der Waals surface area contributed by atoms with Gasteiger partial charge in [0.25, 0.3) is 10.9 Å². The van der Waals surface area contributed by atoms with Gasteiger partial charge in [-0.3, -0.25) is 9.59 Å². The normalized spacial score (nSPS) is 10.8. The predicted molar refractivity (Wildman–Crippen MR) is 105 cm³/mol. The van der Waals surface area contributed by atoms with Gasteiger partial charge in [0.1, 0.15) is 11.4 Å². The van der Waals surface area contributed by atoms with Crippen LogP contribution in [0.3, 0.4) is 0 Å². The first-order valence-corrected chi connectivity index (χ1v) is 8.63. The molecule has 0 bridgehead atoms. The monoisotopic (exact) mass is 394 g/mol. The van der Waals surface area contributed by atoms with Gasteiger partial charge >= 0.3 is 0 Å². The second-order valence-corrected chi connectivity index (χ2v) is 6.73. The molecule has 0 amide bonds. The van der Waals surface area contributed by atoms with Gasteiger partial charge < -0.3 is 10.6 Å². The van der Waals surface area contributed by atoms with Crippen molar-refractivity contribution in [1.82, 2.24) is 0 Å². The minimum atomic E-state index is -0.540. The van der Waals surface area contributed by atoms with E-state index < -0.39 is 10.9 Å². The lowest BCUT2D eigenvalue weighted by Gasteiger charge is -2.15. The molecule has 0 unspecified atom stereocenters. The Morgan fingerprint density at radius 2 is 1.44 bits per heavy atom. The van der Waals surface area contributed by atoms with Crippen LogP contribution in [0.1, 0.15) is 5.56 Å². The number of halogens is 3. The first-order valence-electron chi connectivity index (χ1n) is 7.49. The molecule has 0 aliphatic heterocycles. The minimum Gasteiger partial charge on any atom is -0.380 e. The molecule has 0 heterocycles. The number of hydrogen-bond acceptors (Lipinski definition) is 4. The molecule has 0 aliphatic rings. The van der Waals surface area contributed by atoms with Crippen molar-refractivity contribution in [3.8, 4) is 0 Å². The van der Waals surface area contributed by atoms with E-state index in [4.69, 9.17) is 34.8 Å². The summed E-state index contributed by atoms with van der Waals surface area (Å²) in [6, 6.07) is 12.1. The van der Waals surface area contributed by atoms with Crippen LogP contribution in [-0.4, -0.2) is 6.54 Å². The van der Waals surface area contributed by atoms with Crippen LogP contribution in [-0.2, 0) is 6.42 Å². The summed E-state index contributed by atoms with van der Waals surface area (Å²) in [7, 11) is 0. The summed E-state index contributed by atoms with van der Waals surface area (Å²) in [5.74, 6) is 0. The van der Waals surface area contributed by atoms with Crippen molar-refractivity contribution < 1.29 is 0 Å². The van der Waals surface area contributed by atoms with E-state index in [1.54, 1.807) is 36.4 Å². The number of anilines is 3. The summed E-state index contributed by atoms with van der Waals surface area (Å²) in [6.45, 7) is 0.460. The van der Waals surface area contributed by atoms with Crippen LogP contribution in [0.25, 0.3) is 0 Å². The molecular weight excluding hydrogens is 383 g/mol. The summed E-state index contributed by atoms with van der Waals surface area (Å²) in [4.78, 5) is 23.6. The average molecular weight is 396 g/mol. The Bertz CT molecular complexity index is 977. The molecule has 0 aliphatic carbocycles. The lowest BCUT2D eigenvalue weighted by atomic mass is 10.1. The van der Waals surface area contributed by atoms with Crippen molar-refractivity contribution in [3.63, 3.8) is 0 Å². The molecule has 2 N–H and O–H groups in total. The number of nitrogens with one attached hydrogen (secondary N) is 2. The van der Waals surface area contributed by atoms with Crippen LogP contribution in [0.5, 0.6) is 0 Å². The maximum Gasteiger partial charge on any atom is 0.253 e. The van der Waals surface area contributed by atoms with Crippen LogP contribution >= 0.6 is 34.8 Å². The van der Waals surface area contributed by atoms with Gasteiger partial charge in [-0.25, -0.2) is 0 Å². The fraction of sp³-hybridized carbons (Fsp3) is 0.111. The summed E-state index contributed by atoms with van der Waals surface area (Å²) in [5.41, 5.74) is 1.06. The third-order valence-electron chi connectivity index (χ3n) is 3.74. The molecule has 4 nitrogen and oxygen atoms in total. The first kappa shape index (κ1) is 17.8. The quantitative estimate of drug-likeness (QED) is 0.597. The lowest BCUT2D eigenvalue weighted by Crippen LogP contribution is -2.37. The zero-order chi connectivity index (χ0) is 18.0. The summed E-state index contributed by atoms with van der Waals surface area (Å²) in [6.07, 6.45) is 0.592. The SMILES string of the molecule is O=c1c(NCCc2ccc(Cl)cc2Cl)c(Nc2ccc(Cl)cc2)c1=O.